The molecule has 1 atom stereocenters. The number of carbonyl (C=O) groups is 1. The van der Waals surface area contributed by atoms with Crippen LogP contribution in [0.15, 0.2) is 35.3 Å². The lowest BCUT2D eigenvalue weighted by molar-refractivity contribution is -0.133. The maximum absolute atomic E-state index is 12.5. The molecule has 0 radical (unpaired) electrons. The predicted molar refractivity (Wildman–Crippen MR) is 143 cm³/mol. The van der Waals surface area contributed by atoms with Gasteiger partial charge in [0.25, 0.3) is 0 Å². The first-order valence-electron chi connectivity index (χ1n) is 11.6. The molecule has 32 heavy (non-hydrogen) atoms. The monoisotopic (exact) mass is 575 g/mol. The Hall–Kier alpha value is -1.20. The molecule has 1 amide bonds. The molecular formula is C23H38IN5O2S. The highest BCUT2D eigenvalue weighted by atomic mass is 127. The highest BCUT2D eigenvalue weighted by Gasteiger charge is 2.24. The fourth-order valence-electron chi connectivity index (χ4n) is 4.06. The normalized spacial score (nSPS) is 18.7. The smallest absolute Gasteiger partial charge is 0.236 e. The molecule has 180 valence electrons. The molecule has 7 nitrogen and oxygen atoms in total. The van der Waals surface area contributed by atoms with Crippen LogP contribution >= 0.6 is 24.0 Å². The first-order chi connectivity index (χ1) is 15.2. The zero-order valence-electron chi connectivity index (χ0n) is 19.2. The Morgan fingerprint density at radius 2 is 1.69 bits per heavy atom. The van der Waals surface area contributed by atoms with Crippen molar-refractivity contribution in [2.75, 3.05) is 64.7 Å². The van der Waals surface area contributed by atoms with Crippen LogP contribution in [0.3, 0.4) is 0 Å². The van der Waals surface area contributed by atoms with Crippen LogP contribution < -0.4 is 5.32 Å². The standard InChI is InChI=1S/C23H37N5O2S.HI/c1-2-24-23(25-11-18-31(30)20-21-9-5-3-6-10-21)28-16-14-26(15-17-28)19-22(29)27-12-7-4-8-13-27;/h3,5-6,9-10H,2,4,7-8,11-20H2,1H3,(H,24,25);1H. The minimum Gasteiger partial charge on any atom is -0.357 e. The Balaban J connectivity index is 0.00000363. The number of nitrogens with one attached hydrogen (secondary N) is 1. The molecule has 1 aromatic carbocycles. The topological polar surface area (TPSA) is 68.2 Å². The molecule has 2 fully saturated rings. The fourth-order valence-corrected chi connectivity index (χ4v) is 5.07. The third-order valence-corrected chi connectivity index (χ3v) is 7.12. The molecule has 0 spiro atoms. The third kappa shape index (κ3) is 8.97. The number of halogens is 1. The van der Waals surface area contributed by atoms with Crippen LogP contribution in [0.1, 0.15) is 31.7 Å². The first-order valence-corrected chi connectivity index (χ1v) is 13.1. The molecule has 1 N–H and O–H groups in total. The molecule has 2 heterocycles. The summed E-state index contributed by atoms with van der Waals surface area (Å²) in [6.07, 6.45) is 3.52. The highest BCUT2D eigenvalue weighted by Crippen LogP contribution is 2.10. The van der Waals surface area contributed by atoms with Crippen LogP contribution in [0.4, 0.5) is 0 Å². The van der Waals surface area contributed by atoms with E-state index in [1.165, 1.54) is 6.42 Å². The van der Waals surface area contributed by atoms with Gasteiger partial charge in [-0.15, -0.1) is 24.0 Å². The lowest BCUT2D eigenvalue weighted by Crippen LogP contribution is -2.54. The van der Waals surface area contributed by atoms with E-state index < -0.39 is 10.8 Å². The van der Waals surface area contributed by atoms with Gasteiger partial charge in [-0.25, -0.2) is 0 Å². The number of piperazine rings is 1. The highest BCUT2D eigenvalue weighted by molar-refractivity contribution is 14.0. The van der Waals surface area contributed by atoms with Crippen LogP contribution in [0.5, 0.6) is 0 Å². The minimum atomic E-state index is -0.915. The van der Waals surface area contributed by atoms with Crippen molar-refractivity contribution in [3.05, 3.63) is 35.9 Å². The Morgan fingerprint density at radius 1 is 1.00 bits per heavy atom. The molecule has 0 bridgehead atoms. The Kier molecular flexibility index (Phi) is 12.6. The van der Waals surface area contributed by atoms with E-state index in [2.05, 4.69) is 22.0 Å². The van der Waals surface area contributed by atoms with Crippen molar-refractivity contribution in [2.24, 2.45) is 4.99 Å². The molecule has 0 aliphatic carbocycles. The average molecular weight is 576 g/mol. The number of benzene rings is 1. The zero-order valence-corrected chi connectivity index (χ0v) is 22.4. The number of hydrogen-bond acceptors (Lipinski definition) is 4. The van der Waals surface area contributed by atoms with Gasteiger partial charge in [-0.1, -0.05) is 30.3 Å². The lowest BCUT2D eigenvalue weighted by atomic mass is 10.1. The molecule has 2 aliphatic heterocycles. The second kappa shape index (κ2) is 14.8. The number of hydrogen-bond donors (Lipinski definition) is 1. The van der Waals surface area contributed by atoms with E-state index in [-0.39, 0.29) is 29.9 Å². The van der Waals surface area contributed by atoms with Crippen LogP contribution in [-0.4, -0.2) is 95.4 Å². The fraction of sp³-hybridized carbons (Fsp3) is 0.652. The molecule has 3 rings (SSSR count). The van der Waals surface area contributed by atoms with E-state index >= 15 is 0 Å². The number of aliphatic imine (C=N–C) groups is 1. The van der Waals surface area contributed by atoms with Crippen molar-refractivity contribution < 1.29 is 9.00 Å². The Labute approximate surface area is 212 Å². The number of rotatable bonds is 8. The lowest BCUT2D eigenvalue weighted by Gasteiger charge is -2.37. The predicted octanol–water partition coefficient (Wildman–Crippen LogP) is 2.15. The van der Waals surface area contributed by atoms with E-state index in [4.69, 9.17) is 4.99 Å². The maximum Gasteiger partial charge on any atom is 0.236 e. The summed E-state index contributed by atoms with van der Waals surface area (Å²) in [5.74, 6) is 2.31. The first kappa shape index (κ1) is 27.0. The van der Waals surface area contributed by atoms with Gasteiger partial charge in [0, 0.05) is 68.1 Å². The number of likely N-dealkylation sites (tertiary alicyclic amines) is 1. The van der Waals surface area contributed by atoms with Crippen molar-refractivity contribution in [3.63, 3.8) is 0 Å². The number of piperidine rings is 1. The van der Waals surface area contributed by atoms with E-state index in [9.17, 15) is 9.00 Å². The quantitative estimate of drug-likeness (QED) is 0.293. The van der Waals surface area contributed by atoms with Gasteiger partial charge in [0.05, 0.1) is 13.1 Å². The number of guanidine groups is 1. The van der Waals surface area contributed by atoms with Gasteiger partial charge in [0.1, 0.15) is 0 Å². The molecule has 2 aliphatic rings. The Bertz CT molecular complexity index is 735. The number of nitrogens with zero attached hydrogens (tertiary/aromatic N) is 4. The molecule has 0 aromatic heterocycles. The van der Waals surface area contributed by atoms with Gasteiger partial charge in [0.2, 0.25) is 5.91 Å². The van der Waals surface area contributed by atoms with Crippen LogP contribution in [0.25, 0.3) is 0 Å². The second-order valence-corrected chi connectivity index (χ2v) is 9.79. The van der Waals surface area contributed by atoms with Crippen molar-refractivity contribution in [1.29, 1.82) is 0 Å². The second-order valence-electron chi connectivity index (χ2n) is 8.21. The van der Waals surface area contributed by atoms with Crippen molar-refractivity contribution in [2.45, 2.75) is 31.9 Å². The number of carbonyl (C=O) groups excluding carboxylic acids is 1. The minimum absolute atomic E-state index is 0. The summed E-state index contributed by atoms with van der Waals surface area (Å²) in [5.41, 5.74) is 1.10. The van der Waals surface area contributed by atoms with Gasteiger partial charge >= 0.3 is 0 Å². The van der Waals surface area contributed by atoms with E-state index in [1.54, 1.807) is 0 Å². The molecule has 1 unspecified atom stereocenters. The van der Waals surface area contributed by atoms with Gasteiger partial charge < -0.3 is 15.1 Å². The molecule has 2 saturated heterocycles. The van der Waals surface area contributed by atoms with Crippen molar-refractivity contribution >= 4 is 46.6 Å². The van der Waals surface area contributed by atoms with Gasteiger partial charge in [-0.3, -0.25) is 18.9 Å². The summed E-state index contributed by atoms with van der Waals surface area (Å²) in [4.78, 5) is 23.8. The van der Waals surface area contributed by atoms with Crippen LogP contribution in [0.2, 0.25) is 0 Å². The zero-order chi connectivity index (χ0) is 21.9. The molecule has 9 heteroatoms. The van der Waals surface area contributed by atoms with Gasteiger partial charge in [0.15, 0.2) is 5.96 Å². The largest absolute Gasteiger partial charge is 0.357 e. The average Bonchev–Trinajstić information content (AvgIpc) is 2.80. The molecule has 0 saturated carbocycles. The van der Waals surface area contributed by atoms with Crippen LogP contribution in [0, 0.1) is 0 Å². The van der Waals surface area contributed by atoms with Gasteiger partial charge in [-0.2, -0.15) is 0 Å². The molecular weight excluding hydrogens is 537 g/mol. The SMILES string of the molecule is CCNC(=NCCS(=O)Cc1ccccc1)N1CCN(CC(=O)N2CCCCC2)CC1.I. The third-order valence-electron chi connectivity index (χ3n) is 5.83. The van der Waals surface area contributed by atoms with Gasteiger partial charge in [-0.05, 0) is 31.7 Å². The van der Waals surface area contributed by atoms with E-state index in [0.717, 1.165) is 70.2 Å². The Morgan fingerprint density at radius 3 is 2.34 bits per heavy atom. The summed E-state index contributed by atoms with van der Waals surface area (Å²) in [5, 5.41) is 3.37. The maximum atomic E-state index is 12.5. The number of amides is 1. The summed E-state index contributed by atoms with van der Waals surface area (Å²) in [6, 6.07) is 9.96. The summed E-state index contributed by atoms with van der Waals surface area (Å²) < 4.78 is 12.4. The summed E-state index contributed by atoms with van der Waals surface area (Å²) >= 11 is 0. The summed E-state index contributed by atoms with van der Waals surface area (Å²) in [7, 11) is -0.915. The summed E-state index contributed by atoms with van der Waals surface area (Å²) in [6.45, 7) is 9.22. The van der Waals surface area contributed by atoms with E-state index in [0.29, 0.717) is 24.6 Å². The molecule has 1 aromatic rings. The van der Waals surface area contributed by atoms with E-state index in [1.807, 2.05) is 35.2 Å². The van der Waals surface area contributed by atoms with Crippen molar-refractivity contribution in [3.8, 4) is 0 Å². The van der Waals surface area contributed by atoms with Crippen LogP contribution in [-0.2, 0) is 21.3 Å². The van der Waals surface area contributed by atoms with Crippen molar-refractivity contribution in [1.82, 2.24) is 20.0 Å².